The van der Waals surface area contributed by atoms with Crippen LogP contribution in [0.15, 0.2) is 36.5 Å². The summed E-state index contributed by atoms with van der Waals surface area (Å²) in [6.45, 7) is 1.12. The van der Waals surface area contributed by atoms with E-state index in [4.69, 9.17) is 4.74 Å². The van der Waals surface area contributed by atoms with Gasteiger partial charge in [0.05, 0.1) is 18.9 Å². The van der Waals surface area contributed by atoms with Crippen molar-refractivity contribution in [1.29, 1.82) is 0 Å². The van der Waals surface area contributed by atoms with Crippen molar-refractivity contribution in [2.45, 2.75) is 30.8 Å². The van der Waals surface area contributed by atoms with Crippen LogP contribution in [0.25, 0.3) is 11.3 Å². The standard InChI is InChI=1S/C20H21F2N3O2/c21-16-3-1-14(2-4-16)17-5-9-23-18(24-17)15-6-10-25(11-7-15)19(26)20(22)8-12-27-13-20/h1-5,9,15H,6-8,10-13H2. The SMILES string of the molecule is O=C(N1CCC(c2nccc(-c3ccc(F)cc3)n2)CC1)C1(F)CCOC1. The summed E-state index contributed by atoms with van der Waals surface area (Å²) >= 11 is 0. The molecule has 1 atom stereocenters. The van der Waals surface area contributed by atoms with E-state index in [2.05, 4.69) is 9.97 Å². The van der Waals surface area contributed by atoms with Crippen molar-refractivity contribution < 1.29 is 18.3 Å². The van der Waals surface area contributed by atoms with Crippen molar-refractivity contribution in [3.63, 3.8) is 0 Å². The van der Waals surface area contributed by atoms with Gasteiger partial charge < -0.3 is 9.64 Å². The van der Waals surface area contributed by atoms with Crippen LogP contribution in [-0.2, 0) is 9.53 Å². The molecule has 1 aromatic heterocycles. The summed E-state index contributed by atoms with van der Waals surface area (Å²) in [5, 5.41) is 0. The maximum absolute atomic E-state index is 14.6. The Labute approximate surface area is 156 Å². The predicted molar refractivity (Wildman–Crippen MR) is 95.3 cm³/mol. The zero-order valence-corrected chi connectivity index (χ0v) is 14.9. The highest BCUT2D eigenvalue weighted by molar-refractivity contribution is 5.85. The Bertz CT molecular complexity index is 814. The summed E-state index contributed by atoms with van der Waals surface area (Å²) in [5.74, 6) is 0.0794. The number of hydrogen-bond donors (Lipinski definition) is 0. The number of piperidine rings is 1. The number of hydrogen-bond acceptors (Lipinski definition) is 4. The number of carbonyl (C=O) groups excluding carboxylic acids is 1. The molecule has 2 saturated heterocycles. The van der Waals surface area contributed by atoms with Crippen LogP contribution in [0.3, 0.4) is 0 Å². The number of nitrogens with zero attached hydrogens (tertiary/aromatic N) is 3. The monoisotopic (exact) mass is 373 g/mol. The van der Waals surface area contributed by atoms with E-state index in [1.54, 1.807) is 29.3 Å². The molecule has 7 heteroatoms. The van der Waals surface area contributed by atoms with Gasteiger partial charge in [-0.1, -0.05) is 0 Å². The number of rotatable bonds is 3. The van der Waals surface area contributed by atoms with Gasteiger partial charge >= 0.3 is 0 Å². The maximum Gasteiger partial charge on any atom is 0.262 e. The first-order valence-corrected chi connectivity index (χ1v) is 9.20. The number of aromatic nitrogens is 2. The van der Waals surface area contributed by atoms with Crippen molar-refractivity contribution >= 4 is 5.91 Å². The van der Waals surface area contributed by atoms with Gasteiger partial charge in [0.15, 0.2) is 0 Å². The van der Waals surface area contributed by atoms with Crippen molar-refractivity contribution in [2.24, 2.45) is 0 Å². The van der Waals surface area contributed by atoms with Gasteiger partial charge in [-0.05, 0) is 43.2 Å². The van der Waals surface area contributed by atoms with E-state index in [0.29, 0.717) is 38.4 Å². The van der Waals surface area contributed by atoms with Gasteiger partial charge in [0.25, 0.3) is 5.91 Å². The molecule has 0 saturated carbocycles. The summed E-state index contributed by atoms with van der Waals surface area (Å²) in [6, 6.07) is 7.98. The topological polar surface area (TPSA) is 55.3 Å². The molecule has 2 fully saturated rings. The van der Waals surface area contributed by atoms with Crippen molar-refractivity contribution in [1.82, 2.24) is 14.9 Å². The molecule has 2 aliphatic rings. The van der Waals surface area contributed by atoms with E-state index in [0.717, 1.165) is 11.3 Å². The number of ether oxygens (including phenoxy) is 1. The number of benzene rings is 1. The second-order valence-electron chi connectivity index (χ2n) is 7.14. The van der Waals surface area contributed by atoms with E-state index in [1.165, 1.54) is 12.1 Å². The molecule has 0 bridgehead atoms. The molecule has 1 amide bonds. The van der Waals surface area contributed by atoms with Gasteiger partial charge in [0.1, 0.15) is 11.6 Å². The molecule has 1 unspecified atom stereocenters. The van der Waals surface area contributed by atoms with Gasteiger partial charge in [-0.25, -0.2) is 18.7 Å². The molecule has 2 aromatic rings. The van der Waals surface area contributed by atoms with Gasteiger partial charge in [-0.15, -0.1) is 0 Å². The molecule has 142 valence electrons. The van der Waals surface area contributed by atoms with Crippen LogP contribution in [0, 0.1) is 5.82 Å². The molecule has 27 heavy (non-hydrogen) atoms. The second-order valence-corrected chi connectivity index (χ2v) is 7.14. The van der Waals surface area contributed by atoms with Crippen molar-refractivity contribution in [3.05, 3.63) is 48.2 Å². The zero-order chi connectivity index (χ0) is 18.9. The minimum absolute atomic E-state index is 0.116. The van der Waals surface area contributed by atoms with E-state index in [1.807, 2.05) is 0 Å². The molecule has 4 rings (SSSR count). The summed E-state index contributed by atoms with van der Waals surface area (Å²) in [6.07, 6.45) is 3.21. The first kappa shape index (κ1) is 18.0. The molecule has 5 nitrogen and oxygen atoms in total. The number of alkyl halides is 1. The molecule has 0 N–H and O–H groups in total. The Morgan fingerprint density at radius 2 is 1.93 bits per heavy atom. The van der Waals surface area contributed by atoms with Gasteiger partial charge in [-0.2, -0.15) is 0 Å². The number of likely N-dealkylation sites (tertiary alicyclic amines) is 1. The third kappa shape index (κ3) is 3.69. The molecular weight excluding hydrogens is 352 g/mol. The van der Waals surface area contributed by atoms with Crippen LogP contribution < -0.4 is 0 Å². The lowest BCUT2D eigenvalue weighted by molar-refractivity contribution is -0.145. The number of amides is 1. The van der Waals surface area contributed by atoms with Gasteiger partial charge in [-0.3, -0.25) is 4.79 Å². The van der Waals surface area contributed by atoms with Crippen LogP contribution >= 0.6 is 0 Å². The summed E-state index contributed by atoms with van der Waals surface area (Å²) in [7, 11) is 0. The predicted octanol–water partition coefficient (Wildman–Crippen LogP) is 3.12. The first-order valence-electron chi connectivity index (χ1n) is 9.20. The minimum Gasteiger partial charge on any atom is -0.377 e. The molecule has 1 aromatic carbocycles. The third-order valence-corrected chi connectivity index (χ3v) is 5.32. The summed E-state index contributed by atoms with van der Waals surface area (Å²) in [4.78, 5) is 23.0. The fourth-order valence-corrected chi connectivity index (χ4v) is 3.68. The fourth-order valence-electron chi connectivity index (χ4n) is 3.68. The molecular formula is C20H21F2N3O2. The van der Waals surface area contributed by atoms with E-state index in [9.17, 15) is 13.6 Å². The lowest BCUT2D eigenvalue weighted by Crippen LogP contribution is -2.49. The Morgan fingerprint density at radius 1 is 1.19 bits per heavy atom. The highest BCUT2D eigenvalue weighted by Crippen LogP contribution is 2.31. The Hall–Kier alpha value is -2.41. The summed E-state index contributed by atoms with van der Waals surface area (Å²) in [5.41, 5.74) is -0.302. The maximum atomic E-state index is 14.6. The lowest BCUT2D eigenvalue weighted by atomic mass is 9.94. The Kier molecular flexibility index (Phi) is 4.86. The smallest absolute Gasteiger partial charge is 0.262 e. The van der Waals surface area contributed by atoms with E-state index < -0.39 is 11.6 Å². The highest BCUT2D eigenvalue weighted by atomic mass is 19.1. The normalized spacial score (nSPS) is 23.6. The van der Waals surface area contributed by atoms with E-state index in [-0.39, 0.29) is 24.8 Å². The van der Waals surface area contributed by atoms with Crippen LogP contribution in [0.4, 0.5) is 8.78 Å². The number of carbonyl (C=O) groups is 1. The highest BCUT2D eigenvalue weighted by Gasteiger charge is 2.45. The zero-order valence-electron chi connectivity index (χ0n) is 14.9. The van der Waals surface area contributed by atoms with Gasteiger partial charge in [0.2, 0.25) is 5.67 Å². The van der Waals surface area contributed by atoms with Crippen LogP contribution in [-0.4, -0.2) is 52.7 Å². The van der Waals surface area contributed by atoms with Gasteiger partial charge in [0, 0.05) is 37.2 Å². The van der Waals surface area contributed by atoms with Crippen LogP contribution in [0.1, 0.15) is 31.0 Å². The van der Waals surface area contributed by atoms with Crippen LogP contribution in [0.2, 0.25) is 0 Å². The molecule has 0 aliphatic carbocycles. The average Bonchev–Trinajstić information content (AvgIpc) is 3.16. The average molecular weight is 373 g/mol. The molecule has 2 aliphatic heterocycles. The third-order valence-electron chi connectivity index (χ3n) is 5.32. The molecule has 3 heterocycles. The Balaban J connectivity index is 1.43. The summed E-state index contributed by atoms with van der Waals surface area (Å²) < 4.78 is 32.8. The molecule has 0 spiro atoms. The van der Waals surface area contributed by atoms with Crippen LogP contribution in [0.5, 0.6) is 0 Å². The molecule has 0 radical (unpaired) electrons. The second kappa shape index (κ2) is 7.31. The van der Waals surface area contributed by atoms with Crippen molar-refractivity contribution in [2.75, 3.05) is 26.3 Å². The van der Waals surface area contributed by atoms with Crippen molar-refractivity contribution in [3.8, 4) is 11.3 Å². The minimum atomic E-state index is -1.87. The Morgan fingerprint density at radius 3 is 2.59 bits per heavy atom. The lowest BCUT2D eigenvalue weighted by Gasteiger charge is -2.34. The number of halogens is 2. The largest absolute Gasteiger partial charge is 0.377 e. The quantitative estimate of drug-likeness (QED) is 0.830. The van der Waals surface area contributed by atoms with E-state index >= 15 is 0 Å². The first-order chi connectivity index (χ1) is 13.0. The fraction of sp³-hybridized carbons (Fsp3) is 0.450.